The predicted molar refractivity (Wildman–Crippen MR) is 89.2 cm³/mol. The van der Waals surface area contributed by atoms with Crippen molar-refractivity contribution in [3.05, 3.63) is 28.6 Å². The van der Waals surface area contributed by atoms with Gasteiger partial charge in [0.15, 0.2) is 0 Å². The number of aromatic nitrogens is 1. The molecule has 2 atom stereocenters. The Morgan fingerprint density at radius 3 is 2.87 bits per heavy atom. The number of piperidine rings is 1. The fraction of sp³-hybridized carbons (Fsp3) is 0.667. The number of rotatable bonds is 3. The molecule has 1 fully saturated rings. The Kier molecular flexibility index (Phi) is 4.19. The molecular weight excluding hydrogens is 290 g/mol. The molecule has 2 heterocycles. The first kappa shape index (κ1) is 16.4. The maximum atomic E-state index is 11.7. The summed E-state index contributed by atoms with van der Waals surface area (Å²) in [6.07, 6.45) is 2.64. The number of likely N-dealkylation sites (tertiary alicyclic amines) is 1. The van der Waals surface area contributed by atoms with Gasteiger partial charge in [-0.25, -0.2) is 4.98 Å². The molecule has 0 spiro atoms. The molecule has 2 aliphatic rings. The number of nitrogens with zero attached hydrogens (tertiary/aromatic N) is 2. The second-order valence-corrected chi connectivity index (χ2v) is 7.93. The highest BCUT2D eigenvalue weighted by Crippen LogP contribution is 2.39. The molecule has 5 heteroatoms. The average Bonchev–Trinajstić information content (AvgIpc) is 2.73. The van der Waals surface area contributed by atoms with E-state index in [9.17, 15) is 9.90 Å². The molecule has 23 heavy (non-hydrogen) atoms. The molecule has 1 saturated heterocycles. The van der Waals surface area contributed by atoms with E-state index in [0.29, 0.717) is 18.2 Å². The monoisotopic (exact) mass is 317 g/mol. The Hall–Kier alpha value is -1.46. The summed E-state index contributed by atoms with van der Waals surface area (Å²) in [5.41, 5.74) is 9.28. The predicted octanol–water partition coefficient (Wildman–Crippen LogP) is 1.61. The molecule has 0 aromatic carbocycles. The molecule has 0 unspecified atom stereocenters. The second kappa shape index (κ2) is 5.87. The van der Waals surface area contributed by atoms with Crippen molar-refractivity contribution in [1.29, 1.82) is 0 Å². The van der Waals surface area contributed by atoms with Gasteiger partial charge in [-0.2, -0.15) is 0 Å². The molecule has 0 radical (unpaired) electrons. The highest BCUT2D eigenvalue weighted by molar-refractivity contribution is 5.91. The van der Waals surface area contributed by atoms with E-state index in [2.05, 4.69) is 30.7 Å². The number of carbonyl (C=O) groups excluding carboxylic acids is 1. The third-order valence-electron chi connectivity index (χ3n) is 5.22. The fourth-order valence-corrected chi connectivity index (χ4v) is 4.08. The van der Waals surface area contributed by atoms with Gasteiger partial charge < -0.3 is 10.8 Å². The number of amides is 1. The van der Waals surface area contributed by atoms with Crippen LogP contribution in [0.2, 0.25) is 0 Å². The molecule has 3 rings (SSSR count). The second-order valence-electron chi connectivity index (χ2n) is 7.93. The SMILES string of the molecule is C[C@H]1C[C@H](O)CN(Cc2cc(C(N)=O)nc3c2CCC3(C)C)C1. The van der Waals surface area contributed by atoms with E-state index in [4.69, 9.17) is 5.73 Å². The average molecular weight is 317 g/mol. The molecule has 1 aromatic heterocycles. The van der Waals surface area contributed by atoms with Gasteiger partial charge in [-0.15, -0.1) is 0 Å². The number of primary amides is 1. The van der Waals surface area contributed by atoms with Gasteiger partial charge in [0, 0.05) is 25.0 Å². The molecule has 0 saturated carbocycles. The number of aliphatic hydroxyl groups excluding tert-OH is 1. The van der Waals surface area contributed by atoms with Crippen LogP contribution in [0, 0.1) is 5.92 Å². The van der Waals surface area contributed by atoms with Gasteiger partial charge in [0.25, 0.3) is 5.91 Å². The Labute approximate surface area is 137 Å². The third kappa shape index (κ3) is 3.26. The number of β-amino-alcohol motifs (C(OH)–C–C–N with tert-alkyl or cyclic N) is 1. The summed E-state index contributed by atoms with van der Waals surface area (Å²) in [4.78, 5) is 18.5. The van der Waals surface area contributed by atoms with Crippen molar-refractivity contribution < 1.29 is 9.90 Å². The van der Waals surface area contributed by atoms with Crippen LogP contribution in [0.3, 0.4) is 0 Å². The highest BCUT2D eigenvalue weighted by atomic mass is 16.3. The van der Waals surface area contributed by atoms with E-state index in [1.165, 1.54) is 5.56 Å². The normalized spacial score (nSPS) is 27.0. The number of fused-ring (bicyclic) bond motifs is 1. The summed E-state index contributed by atoms with van der Waals surface area (Å²) >= 11 is 0. The standard InChI is InChI=1S/C18H27N3O2/c1-11-6-13(22)10-21(8-11)9-12-7-15(17(19)23)20-16-14(12)4-5-18(16,2)3/h7,11,13,22H,4-6,8-10H2,1-3H3,(H2,19,23)/t11-,13-/m0/s1. The van der Waals surface area contributed by atoms with Crippen LogP contribution >= 0.6 is 0 Å². The summed E-state index contributed by atoms with van der Waals surface area (Å²) in [5.74, 6) is 0.0180. The summed E-state index contributed by atoms with van der Waals surface area (Å²) in [5, 5.41) is 10.0. The lowest BCUT2D eigenvalue weighted by Gasteiger charge is -2.34. The van der Waals surface area contributed by atoms with E-state index in [1.807, 2.05) is 6.07 Å². The zero-order valence-electron chi connectivity index (χ0n) is 14.3. The number of aliphatic hydroxyl groups is 1. The third-order valence-corrected chi connectivity index (χ3v) is 5.22. The first-order chi connectivity index (χ1) is 10.8. The highest BCUT2D eigenvalue weighted by Gasteiger charge is 2.34. The molecule has 126 valence electrons. The zero-order valence-corrected chi connectivity index (χ0v) is 14.3. The molecule has 1 aliphatic heterocycles. The molecule has 1 amide bonds. The van der Waals surface area contributed by atoms with Gasteiger partial charge in [-0.05, 0) is 42.4 Å². The first-order valence-corrected chi connectivity index (χ1v) is 8.50. The lowest BCUT2D eigenvalue weighted by Crippen LogP contribution is -2.42. The molecule has 5 nitrogen and oxygen atoms in total. The molecule has 1 aliphatic carbocycles. The first-order valence-electron chi connectivity index (χ1n) is 8.50. The number of carbonyl (C=O) groups is 1. The smallest absolute Gasteiger partial charge is 0.267 e. The lowest BCUT2D eigenvalue weighted by atomic mass is 9.90. The van der Waals surface area contributed by atoms with Crippen molar-refractivity contribution >= 4 is 5.91 Å². The van der Waals surface area contributed by atoms with Gasteiger partial charge in [0.2, 0.25) is 0 Å². The Balaban J connectivity index is 1.94. The van der Waals surface area contributed by atoms with Crippen molar-refractivity contribution in [2.45, 2.75) is 58.1 Å². The minimum absolute atomic E-state index is 0.00968. The van der Waals surface area contributed by atoms with E-state index in [0.717, 1.165) is 43.6 Å². The van der Waals surface area contributed by atoms with Crippen LogP contribution < -0.4 is 5.73 Å². The van der Waals surface area contributed by atoms with Gasteiger partial charge in [-0.1, -0.05) is 20.8 Å². The van der Waals surface area contributed by atoms with Crippen molar-refractivity contribution in [2.75, 3.05) is 13.1 Å². The number of nitrogens with two attached hydrogens (primary N) is 1. The van der Waals surface area contributed by atoms with Crippen LogP contribution in [0.15, 0.2) is 6.07 Å². The summed E-state index contributed by atoms with van der Waals surface area (Å²) in [6, 6.07) is 1.86. The topological polar surface area (TPSA) is 79.5 Å². The number of hydrogen-bond donors (Lipinski definition) is 2. The van der Waals surface area contributed by atoms with E-state index in [1.54, 1.807) is 0 Å². The van der Waals surface area contributed by atoms with Gasteiger partial charge >= 0.3 is 0 Å². The van der Waals surface area contributed by atoms with Crippen LogP contribution in [0.5, 0.6) is 0 Å². The van der Waals surface area contributed by atoms with Gasteiger partial charge in [0.05, 0.1) is 11.8 Å². The number of pyridine rings is 1. The van der Waals surface area contributed by atoms with E-state index >= 15 is 0 Å². The Morgan fingerprint density at radius 1 is 1.48 bits per heavy atom. The minimum Gasteiger partial charge on any atom is -0.392 e. The molecule has 1 aromatic rings. The molecule has 3 N–H and O–H groups in total. The van der Waals surface area contributed by atoms with Crippen molar-refractivity contribution in [1.82, 2.24) is 9.88 Å². The maximum Gasteiger partial charge on any atom is 0.267 e. The van der Waals surface area contributed by atoms with Crippen molar-refractivity contribution in [2.24, 2.45) is 11.7 Å². The lowest BCUT2D eigenvalue weighted by molar-refractivity contribution is 0.0407. The largest absolute Gasteiger partial charge is 0.392 e. The van der Waals surface area contributed by atoms with Gasteiger partial charge in [0.1, 0.15) is 5.69 Å². The molecular formula is C18H27N3O2. The van der Waals surface area contributed by atoms with Gasteiger partial charge in [-0.3, -0.25) is 9.69 Å². The van der Waals surface area contributed by atoms with Crippen LogP contribution in [0.1, 0.15) is 60.9 Å². The zero-order chi connectivity index (χ0) is 16.8. The van der Waals surface area contributed by atoms with Crippen molar-refractivity contribution in [3.63, 3.8) is 0 Å². The maximum absolute atomic E-state index is 11.7. The van der Waals surface area contributed by atoms with E-state index in [-0.39, 0.29) is 11.5 Å². The quantitative estimate of drug-likeness (QED) is 0.887. The van der Waals surface area contributed by atoms with E-state index < -0.39 is 5.91 Å². The number of hydrogen-bond acceptors (Lipinski definition) is 4. The van der Waals surface area contributed by atoms with Crippen LogP contribution in [-0.4, -0.2) is 40.1 Å². The van der Waals surface area contributed by atoms with Crippen molar-refractivity contribution in [3.8, 4) is 0 Å². The molecule has 0 bridgehead atoms. The summed E-state index contributed by atoms with van der Waals surface area (Å²) < 4.78 is 0. The summed E-state index contributed by atoms with van der Waals surface area (Å²) in [6.45, 7) is 8.94. The summed E-state index contributed by atoms with van der Waals surface area (Å²) in [7, 11) is 0. The minimum atomic E-state index is -0.469. The fourth-order valence-electron chi connectivity index (χ4n) is 4.08. The Bertz CT molecular complexity index is 617. The van der Waals surface area contributed by atoms with Crippen LogP contribution in [-0.2, 0) is 18.4 Å². The Morgan fingerprint density at radius 2 is 2.22 bits per heavy atom. The van der Waals surface area contributed by atoms with Crippen LogP contribution in [0.25, 0.3) is 0 Å². The van der Waals surface area contributed by atoms with Crippen LogP contribution in [0.4, 0.5) is 0 Å².